The van der Waals surface area contributed by atoms with Gasteiger partial charge in [-0.2, -0.15) is 5.10 Å². The Balaban J connectivity index is 1.45. The second kappa shape index (κ2) is 7.10. The second-order valence-corrected chi connectivity index (χ2v) is 13.0. The monoisotopic (exact) mass is 499 g/mol. The average molecular weight is 500 g/mol. The van der Waals surface area contributed by atoms with Crippen LogP contribution in [0, 0.1) is 23.7 Å². The normalized spacial score (nSPS) is 26.5. The molecule has 7 heteroatoms. The predicted molar refractivity (Wildman–Crippen MR) is 135 cm³/mol. The Morgan fingerprint density at radius 1 is 1.24 bits per heavy atom. The fraction of sp³-hybridized carbons (Fsp3) is 0.462. The van der Waals surface area contributed by atoms with Crippen LogP contribution in [0.15, 0.2) is 24.3 Å². The number of aromatic nitrogens is 2. The molecule has 2 saturated carbocycles. The van der Waals surface area contributed by atoms with Crippen molar-refractivity contribution in [1.82, 2.24) is 15.1 Å². The lowest BCUT2D eigenvalue weighted by Crippen LogP contribution is -2.52. The molecule has 0 saturated heterocycles. The van der Waals surface area contributed by atoms with E-state index < -0.39 is 0 Å². The minimum absolute atomic E-state index is 0.0752. The van der Waals surface area contributed by atoms with Crippen LogP contribution >= 0.6 is 34.5 Å². The predicted octanol–water partition coefficient (Wildman–Crippen LogP) is 7.06. The number of aryl methyl sites for hydroxylation is 1. The van der Waals surface area contributed by atoms with Gasteiger partial charge in [0.1, 0.15) is 0 Å². The molecule has 3 aromatic rings. The van der Waals surface area contributed by atoms with Crippen LogP contribution in [-0.4, -0.2) is 21.7 Å². The van der Waals surface area contributed by atoms with Gasteiger partial charge >= 0.3 is 0 Å². The van der Waals surface area contributed by atoms with Crippen molar-refractivity contribution in [3.8, 4) is 16.3 Å². The highest BCUT2D eigenvalue weighted by Gasteiger charge is 2.59. The molecule has 1 aromatic carbocycles. The van der Waals surface area contributed by atoms with Gasteiger partial charge in [0.15, 0.2) is 5.69 Å². The number of hydrogen-bond acceptors (Lipinski definition) is 3. The zero-order valence-electron chi connectivity index (χ0n) is 19.3. The van der Waals surface area contributed by atoms with E-state index >= 15 is 0 Å². The molecule has 2 aromatic heterocycles. The van der Waals surface area contributed by atoms with Crippen molar-refractivity contribution >= 4 is 40.4 Å². The van der Waals surface area contributed by atoms with E-state index in [1.165, 1.54) is 34.6 Å². The van der Waals surface area contributed by atoms with E-state index in [-0.39, 0.29) is 22.8 Å². The maximum Gasteiger partial charge on any atom is 0.272 e. The molecule has 2 bridgehead atoms. The lowest BCUT2D eigenvalue weighted by molar-refractivity contribution is 0.0732. The zero-order chi connectivity index (χ0) is 23.3. The van der Waals surface area contributed by atoms with Crippen LogP contribution in [0.3, 0.4) is 0 Å². The minimum atomic E-state index is -0.0752. The van der Waals surface area contributed by atoms with E-state index in [2.05, 4.69) is 39.1 Å². The van der Waals surface area contributed by atoms with Crippen LogP contribution in [0.2, 0.25) is 10.0 Å². The highest BCUT2D eigenvalue weighted by molar-refractivity contribution is 7.15. The van der Waals surface area contributed by atoms with Gasteiger partial charge in [-0.05, 0) is 72.8 Å². The van der Waals surface area contributed by atoms with Crippen molar-refractivity contribution in [3.63, 3.8) is 0 Å². The van der Waals surface area contributed by atoms with Crippen molar-refractivity contribution in [3.05, 3.63) is 56.0 Å². The number of fused-ring (bicyclic) bond motifs is 5. The Morgan fingerprint density at radius 3 is 2.73 bits per heavy atom. The standard InChI is InChI=1S/C26H27Cl2N3OS/c1-13-9-14-10-17-20(23(32)29-24-25(2,3)15-7-8-26(24,4)12-15)30-31(21(17)22(14)33-13)19-6-5-16(27)11-18(19)28/h5-6,9,11,15,24H,7-8,10,12H2,1-4H3,(H,29,32). The average Bonchev–Trinajstić information content (AvgIpc) is 3.48. The van der Waals surface area contributed by atoms with Gasteiger partial charge < -0.3 is 5.32 Å². The van der Waals surface area contributed by atoms with Gasteiger partial charge in [0.25, 0.3) is 5.91 Å². The van der Waals surface area contributed by atoms with Gasteiger partial charge in [0.05, 0.1) is 21.3 Å². The number of benzene rings is 1. The summed E-state index contributed by atoms with van der Waals surface area (Å²) in [7, 11) is 0. The van der Waals surface area contributed by atoms with E-state index in [1.54, 1.807) is 17.4 Å². The zero-order valence-corrected chi connectivity index (χ0v) is 21.6. The number of carbonyl (C=O) groups is 1. The molecule has 0 aliphatic heterocycles. The topological polar surface area (TPSA) is 46.9 Å². The first kappa shape index (κ1) is 21.7. The molecule has 33 heavy (non-hydrogen) atoms. The molecule has 172 valence electrons. The Labute approximate surface area is 208 Å². The first-order valence-corrected chi connectivity index (χ1v) is 13.1. The Bertz CT molecular complexity index is 1320. The van der Waals surface area contributed by atoms with Crippen LogP contribution in [0.25, 0.3) is 16.3 Å². The number of thiophene rings is 1. The van der Waals surface area contributed by atoms with Gasteiger partial charge in [-0.15, -0.1) is 11.3 Å². The summed E-state index contributed by atoms with van der Waals surface area (Å²) in [5.74, 6) is 0.590. The summed E-state index contributed by atoms with van der Waals surface area (Å²) in [6, 6.07) is 7.77. The molecule has 3 aliphatic carbocycles. The molecule has 2 fully saturated rings. The molecule has 0 spiro atoms. The molecule has 3 aliphatic rings. The molecule has 4 nitrogen and oxygen atoms in total. The molecular weight excluding hydrogens is 473 g/mol. The lowest BCUT2D eigenvalue weighted by Gasteiger charge is -2.43. The summed E-state index contributed by atoms with van der Waals surface area (Å²) < 4.78 is 1.85. The largest absolute Gasteiger partial charge is 0.347 e. The van der Waals surface area contributed by atoms with Gasteiger partial charge in [-0.1, -0.05) is 44.0 Å². The fourth-order valence-corrected chi connectivity index (χ4v) is 8.39. The van der Waals surface area contributed by atoms with Crippen molar-refractivity contribution in [2.75, 3.05) is 0 Å². The SMILES string of the molecule is Cc1cc2c(s1)-c1c(c(C(=O)NC3C4(C)CCC(C4)C3(C)C)nn1-c1ccc(Cl)cc1Cl)C2. The van der Waals surface area contributed by atoms with E-state index in [0.29, 0.717) is 21.7 Å². The minimum Gasteiger partial charge on any atom is -0.347 e. The first-order valence-electron chi connectivity index (χ1n) is 11.6. The van der Waals surface area contributed by atoms with Crippen LogP contribution < -0.4 is 5.32 Å². The highest BCUT2D eigenvalue weighted by Crippen LogP contribution is 2.62. The summed E-state index contributed by atoms with van der Waals surface area (Å²) in [4.78, 5) is 16.2. The molecule has 1 amide bonds. The summed E-state index contributed by atoms with van der Waals surface area (Å²) in [6.07, 6.45) is 4.34. The lowest BCUT2D eigenvalue weighted by atomic mass is 9.68. The number of nitrogens with zero attached hydrogens (tertiary/aromatic N) is 2. The molecule has 6 rings (SSSR count). The van der Waals surface area contributed by atoms with E-state index in [4.69, 9.17) is 28.3 Å². The van der Waals surface area contributed by atoms with Crippen molar-refractivity contribution < 1.29 is 4.79 Å². The third kappa shape index (κ3) is 3.08. The number of rotatable bonds is 3. The van der Waals surface area contributed by atoms with E-state index in [1.807, 2.05) is 16.8 Å². The number of carbonyl (C=O) groups excluding carboxylic acids is 1. The van der Waals surface area contributed by atoms with Crippen LogP contribution in [0.4, 0.5) is 0 Å². The molecule has 0 radical (unpaired) electrons. The van der Waals surface area contributed by atoms with Crippen molar-refractivity contribution in [1.29, 1.82) is 0 Å². The van der Waals surface area contributed by atoms with Gasteiger partial charge in [-0.3, -0.25) is 4.79 Å². The maximum absolute atomic E-state index is 13.8. The van der Waals surface area contributed by atoms with Crippen molar-refractivity contribution in [2.24, 2.45) is 16.7 Å². The van der Waals surface area contributed by atoms with Crippen LogP contribution in [-0.2, 0) is 6.42 Å². The quantitative estimate of drug-likeness (QED) is 0.327. The van der Waals surface area contributed by atoms with Crippen LogP contribution in [0.1, 0.15) is 66.5 Å². The highest BCUT2D eigenvalue weighted by atomic mass is 35.5. The van der Waals surface area contributed by atoms with Crippen LogP contribution in [0.5, 0.6) is 0 Å². The van der Waals surface area contributed by atoms with Gasteiger partial charge in [0, 0.05) is 27.9 Å². The molecule has 2 heterocycles. The molecule has 3 atom stereocenters. The smallest absolute Gasteiger partial charge is 0.272 e. The number of amides is 1. The summed E-state index contributed by atoms with van der Waals surface area (Å²) in [5.41, 5.74) is 4.72. The summed E-state index contributed by atoms with van der Waals surface area (Å²) in [6.45, 7) is 9.07. The van der Waals surface area contributed by atoms with Crippen molar-refractivity contribution in [2.45, 2.75) is 59.4 Å². The van der Waals surface area contributed by atoms with E-state index in [0.717, 1.165) is 23.4 Å². The Morgan fingerprint density at radius 2 is 2.03 bits per heavy atom. The maximum atomic E-state index is 13.8. The fourth-order valence-electron chi connectivity index (χ4n) is 6.81. The third-order valence-corrected chi connectivity index (χ3v) is 10.0. The Kier molecular flexibility index (Phi) is 4.66. The number of nitrogens with one attached hydrogen (secondary N) is 1. The summed E-state index contributed by atoms with van der Waals surface area (Å²) in [5, 5.41) is 9.39. The van der Waals surface area contributed by atoms with Gasteiger partial charge in [0.2, 0.25) is 0 Å². The summed E-state index contributed by atoms with van der Waals surface area (Å²) >= 11 is 14.5. The van der Waals surface area contributed by atoms with Gasteiger partial charge in [-0.25, -0.2) is 4.68 Å². The second-order valence-electron chi connectivity index (χ2n) is 10.9. The molecule has 3 unspecified atom stereocenters. The first-order chi connectivity index (χ1) is 15.6. The van der Waals surface area contributed by atoms with E-state index in [9.17, 15) is 4.79 Å². The third-order valence-electron chi connectivity index (χ3n) is 8.40. The molecule has 1 N–H and O–H groups in total. The Hall–Kier alpha value is -1.82. The number of hydrogen-bond donors (Lipinski definition) is 1. The molecular formula is C26H27Cl2N3OS. The number of halogens is 2.